The molecule has 3 atom stereocenters. The summed E-state index contributed by atoms with van der Waals surface area (Å²) in [6, 6.07) is 11.4. The SMILES string of the molecule is O=C(NCC1CCCO1)C1Cc2cc([N+](=O)[O-])ccc2N2CCN(c3ccccc3F)CC12. The standard InChI is InChI=1S/C24H27FN4O4/c25-20-5-1-2-6-22(20)27-9-10-28-21-8-7-17(29(31)32)12-16(21)13-19(23(28)15-27)24(30)26-14-18-4-3-11-33-18/h1-2,5-8,12,18-19,23H,3-4,9-11,13-15H2,(H,26,30). The summed E-state index contributed by atoms with van der Waals surface area (Å²) in [5.74, 6) is -0.777. The van der Waals surface area contributed by atoms with Gasteiger partial charge in [0.2, 0.25) is 5.91 Å². The number of nitrogens with one attached hydrogen (secondary N) is 1. The fourth-order valence-electron chi connectivity index (χ4n) is 5.30. The van der Waals surface area contributed by atoms with Crippen LogP contribution in [-0.4, -0.2) is 55.8 Å². The van der Waals surface area contributed by atoms with Gasteiger partial charge in [0.25, 0.3) is 5.69 Å². The van der Waals surface area contributed by atoms with Crippen LogP contribution in [0, 0.1) is 21.8 Å². The first kappa shape index (κ1) is 21.6. The number of para-hydroxylation sites is 1. The Morgan fingerprint density at radius 3 is 2.82 bits per heavy atom. The molecular formula is C24H27FN4O4. The van der Waals surface area contributed by atoms with Crippen molar-refractivity contribution in [2.75, 3.05) is 42.6 Å². The fourth-order valence-corrected chi connectivity index (χ4v) is 5.30. The summed E-state index contributed by atoms with van der Waals surface area (Å²) in [5.41, 5.74) is 2.28. The van der Waals surface area contributed by atoms with Gasteiger partial charge in [-0.25, -0.2) is 4.39 Å². The van der Waals surface area contributed by atoms with Crippen LogP contribution < -0.4 is 15.1 Å². The zero-order valence-corrected chi connectivity index (χ0v) is 18.3. The highest BCUT2D eigenvalue weighted by Gasteiger charge is 2.42. The molecule has 0 bridgehead atoms. The van der Waals surface area contributed by atoms with Crippen molar-refractivity contribution in [2.45, 2.75) is 31.4 Å². The molecule has 1 N–H and O–H groups in total. The topological polar surface area (TPSA) is 87.9 Å². The van der Waals surface area contributed by atoms with Crippen molar-refractivity contribution in [3.8, 4) is 0 Å². The van der Waals surface area contributed by atoms with Gasteiger partial charge in [-0.1, -0.05) is 12.1 Å². The predicted molar refractivity (Wildman–Crippen MR) is 122 cm³/mol. The van der Waals surface area contributed by atoms with E-state index in [-0.39, 0.29) is 29.6 Å². The molecule has 2 saturated heterocycles. The fraction of sp³-hybridized carbons (Fsp3) is 0.458. The number of piperazine rings is 1. The third-order valence-corrected chi connectivity index (χ3v) is 6.96. The zero-order chi connectivity index (χ0) is 22.9. The van der Waals surface area contributed by atoms with Gasteiger partial charge in [-0.15, -0.1) is 0 Å². The van der Waals surface area contributed by atoms with E-state index < -0.39 is 10.8 Å². The second kappa shape index (κ2) is 8.97. The average Bonchev–Trinajstić information content (AvgIpc) is 3.35. The average molecular weight is 455 g/mol. The van der Waals surface area contributed by atoms with Gasteiger partial charge in [-0.2, -0.15) is 0 Å². The van der Waals surface area contributed by atoms with Gasteiger partial charge in [-0.05, 0) is 43.0 Å². The Balaban J connectivity index is 1.43. The van der Waals surface area contributed by atoms with E-state index in [2.05, 4.69) is 10.2 Å². The minimum atomic E-state index is -0.408. The van der Waals surface area contributed by atoms with Crippen LogP contribution in [0.4, 0.5) is 21.5 Å². The highest BCUT2D eigenvalue weighted by atomic mass is 19.1. The molecule has 0 saturated carbocycles. The molecule has 5 rings (SSSR count). The molecule has 0 radical (unpaired) electrons. The van der Waals surface area contributed by atoms with Gasteiger partial charge in [0.15, 0.2) is 0 Å². The van der Waals surface area contributed by atoms with E-state index in [1.165, 1.54) is 12.1 Å². The van der Waals surface area contributed by atoms with Crippen LogP contribution in [0.3, 0.4) is 0 Å². The Kier molecular flexibility index (Phi) is 5.88. The minimum absolute atomic E-state index is 0.0238. The molecule has 9 heteroatoms. The number of nitrogens with zero attached hydrogens (tertiary/aromatic N) is 3. The lowest BCUT2D eigenvalue weighted by atomic mass is 9.83. The zero-order valence-electron chi connectivity index (χ0n) is 18.3. The molecule has 0 spiro atoms. The molecule has 33 heavy (non-hydrogen) atoms. The smallest absolute Gasteiger partial charge is 0.269 e. The van der Waals surface area contributed by atoms with Crippen molar-refractivity contribution in [3.63, 3.8) is 0 Å². The van der Waals surface area contributed by atoms with Crippen molar-refractivity contribution >= 4 is 23.0 Å². The predicted octanol–water partition coefficient (Wildman–Crippen LogP) is 2.90. The number of nitro benzene ring substituents is 1. The van der Waals surface area contributed by atoms with Gasteiger partial charge < -0.3 is 19.9 Å². The van der Waals surface area contributed by atoms with Crippen molar-refractivity contribution in [1.82, 2.24) is 5.32 Å². The molecule has 3 aliphatic heterocycles. The highest BCUT2D eigenvalue weighted by molar-refractivity contribution is 5.82. The van der Waals surface area contributed by atoms with Gasteiger partial charge in [0.1, 0.15) is 5.82 Å². The third-order valence-electron chi connectivity index (χ3n) is 6.96. The lowest BCUT2D eigenvalue weighted by Crippen LogP contribution is -2.61. The summed E-state index contributed by atoms with van der Waals surface area (Å²) in [7, 11) is 0. The normalized spacial score (nSPS) is 24.2. The molecule has 174 valence electrons. The number of anilines is 2. The van der Waals surface area contributed by atoms with Crippen LogP contribution >= 0.6 is 0 Å². The van der Waals surface area contributed by atoms with Gasteiger partial charge in [0.05, 0.1) is 28.7 Å². The number of rotatable bonds is 5. The van der Waals surface area contributed by atoms with Crippen LogP contribution in [0.25, 0.3) is 0 Å². The molecule has 1 amide bonds. The summed E-state index contributed by atoms with van der Waals surface area (Å²) in [4.78, 5) is 28.4. The number of amides is 1. The van der Waals surface area contributed by atoms with Gasteiger partial charge in [-0.3, -0.25) is 14.9 Å². The molecule has 2 aromatic rings. The number of halogens is 1. The summed E-state index contributed by atoms with van der Waals surface area (Å²) in [6.07, 6.45) is 2.36. The number of non-ortho nitro benzene ring substituents is 1. The number of fused-ring (bicyclic) bond motifs is 3. The van der Waals surface area contributed by atoms with Crippen LogP contribution in [-0.2, 0) is 16.0 Å². The van der Waals surface area contributed by atoms with E-state index in [4.69, 9.17) is 4.74 Å². The molecule has 2 fully saturated rings. The number of carbonyl (C=O) groups is 1. The number of benzene rings is 2. The molecule has 3 heterocycles. The number of ether oxygens (including phenoxy) is 1. The molecular weight excluding hydrogens is 427 g/mol. The number of hydrogen-bond donors (Lipinski definition) is 1. The van der Waals surface area contributed by atoms with Crippen molar-refractivity contribution in [2.24, 2.45) is 5.92 Å². The maximum absolute atomic E-state index is 14.5. The van der Waals surface area contributed by atoms with E-state index in [0.29, 0.717) is 38.3 Å². The maximum Gasteiger partial charge on any atom is 0.269 e. The van der Waals surface area contributed by atoms with Crippen LogP contribution in [0.15, 0.2) is 42.5 Å². The summed E-state index contributed by atoms with van der Waals surface area (Å²) < 4.78 is 20.1. The second-order valence-corrected chi connectivity index (χ2v) is 8.92. The number of hydrogen-bond acceptors (Lipinski definition) is 6. The molecule has 0 aliphatic carbocycles. The Labute approximate surface area is 191 Å². The second-order valence-electron chi connectivity index (χ2n) is 8.92. The molecule has 3 unspecified atom stereocenters. The summed E-state index contributed by atoms with van der Waals surface area (Å²) in [5, 5.41) is 14.4. The van der Waals surface area contributed by atoms with Crippen molar-refractivity contribution < 1.29 is 18.8 Å². The quantitative estimate of drug-likeness (QED) is 0.552. The van der Waals surface area contributed by atoms with Crippen LogP contribution in [0.5, 0.6) is 0 Å². The Morgan fingerprint density at radius 1 is 1.21 bits per heavy atom. The van der Waals surface area contributed by atoms with E-state index in [1.54, 1.807) is 24.3 Å². The third kappa shape index (κ3) is 4.25. The number of nitro groups is 1. The van der Waals surface area contributed by atoms with Crippen molar-refractivity contribution in [1.29, 1.82) is 0 Å². The first-order valence-electron chi connectivity index (χ1n) is 11.4. The highest BCUT2D eigenvalue weighted by Crippen LogP contribution is 2.39. The molecule has 0 aromatic heterocycles. The molecule has 8 nitrogen and oxygen atoms in total. The van der Waals surface area contributed by atoms with E-state index >= 15 is 0 Å². The van der Waals surface area contributed by atoms with E-state index in [9.17, 15) is 19.3 Å². The van der Waals surface area contributed by atoms with Gasteiger partial charge >= 0.3 is 0 Å². The Morgan fingerprint density at radius 2 is 2.06 bits per heavy atom. The van der Waals surface area contributed by atoms with E-state index in [1.807, 2.05) is 11.0 Å². The van der Waals surface area contributed by atoms with Gasteiger partial charge in [0, 0.05) is 50.6 Å². The molecule has 3 aliphatic rings. The Hall–Kier alpha value is -3.20. The first-order chi connectivity index (χ1) is 16.0. The number of carbonyl (C=O) groups excluding carboxylic acids is 1. The lowest BCUT2D eigenvalue weighted by Gasteiger charge is -2.49. The van der Waals surface area contributed by atoms with Crippen LogP contribution in [0.2, 0.25) is 0 Å². The Bertz CT molecular complexity index is 1060. The molecule has 2 aromatic carbocycles. The maximum atomic E-state index is 14.5. The first-order valence-corrected chi connectivity index (χ1v) is 11.4. The minimum Gasteiger partial charge on any atom is -0.376 e. The lowest BCUT2D eigenvalue weighted by molar-refractivity contribution is -0.384. The monoisotopic (exact) mass is 454 g/mol. The largest absolute Gasteiger partial charge is 0.376 e. The van der Waals surface area contributed by atoms with E-state index in [0.717, 1.165) is 30.7 Å². The van der Waals surface area contributed by atoms with Crippen molar-refractivity contribution in [3.05, 3.63) is 64.0 Å². The van der Waals surface area contributed by atoms with Crippen LogP contribution in [0.1, 0.15) is 18.4 Å². The summed E-state index contributed by atoms with van der Waals surface area (Å²) >= 11 is 0. The summed E-state index contributed by atoms with van der Waals surface area (Å²) in [6.45, 7) is 2.86.